The third kappa shape index (κ3) is 8.49. The van der Waals surface area contributed by atoms with Gasteiger partial charge < -0.3 is 41.9 Å². The average molecular weight is 742 g/mol. The van der Waals surface area contributed by atoms with E-state index >= 15 is 0 Å². The predicted molar refractivity (Wildman–Crippen MR) is 176 cm³/mol. The van der Waals surface area contributed by atoms with Crippen molar-refractivity contribution in [1.29, 1.82) is 5.26 Å². The van der Waals surface area contributed by atoms with Crippen LogP contribution < -0.4 is 10.3 Å². The van der Waals surface area contributed by atoms with Gasteiger partial charge in [0.05, 0.1) is 57.2 Å². The van der Waals surface area contributed by atoms with E-state index in [-0.39, 0.29) is 61.8 Å². The van der Waals surface area contributed by atoms with Gasteiger partial charge in [-0.05, 0) is 30.0 Å². The molecule has 8 atom stereocenters. The smallest absolute Gasteiger partial charge is 0.327 e. The van der Waals surface area contributed by atoms with Crippen LogP contribution in [-0.4, -0.2) is 104 Å². The van der Waals surface area contributed by atoms with E-state index in [0.717, 1.165) is 0 Å². The molecule has 6 rings (SSSR count). The number of aliphatic imine (C=N–C) groups is 1. The van der Waals surface area contributed by atoms with Gasteiger partial charge in [-0.2, -0.15) is 10.2 Å². The SMILES string of the molecule is CN(C)C=Nc1nc2c(ncn2[C@@H]2O[C@@H]3COP(O)(=S)O[C@H]4C[C@H](Oc5ccncn5)C[C@@H]4CO[P@@](=S)(OCCC#N)O[C@@H]2C3)c(=O)[nH]1. The molecule has 0 radical (unpaired) electrons. The first-order valence-corrected chi connectivity index (χ1v) is 20.0. The van der Waals surface area contributed by atoms with E-state index in [1.54, 1.807) is 35.8 Å². The molecule has 5 heterocycles. The van der Waals surface area contributed by atoms with Crippen molar-refractivity contribution in [3.05, 3.63) is 35.3 Å². The molecule has 1 unspecified atom stereocenters. The molecule has 2 bridgehead atoms. The lowest BCUT2D eigenvalue weighted by molar-refractivity contribution is -0.0497. The first kappa shape index (κ1) is 35.1. The maximum absolute atomic E-state index is 12.9. The highest BCUT2D eigenvalue weighted by atomic mass is 32.5. The van der Waals surface area contributed by atoms with Crippen molar-refractivity contribution in [2.24, 2.45) is 10.9 Å². The van der Waals surface area contributed by atoms with Gasteiger partial charge in [0.1, 0.15) is 18.5 Å². The number of nitrogens with one attached hydrogen (secondary N) is 1. The molecule has 2 aliphatic heterocycles. The van der Waals surface area contributed by atoms with Gasteiger partial charge in [0.2, 0.25) is 11.8 Å². The Bertz CT molecular complexity index is 1830. The number of hydrogen-bond acceptors (Lipinski definition) is 16. The van der Waals surface area contributed by atoms with Crippen LogP contribution in [0, 0.1) is 17.2 Å². The second-order valence-corrected chi connectivity index (χ2v) is 17.1. The van der Waals surface area contributed by atoms with E-state index in [2.05, 4.69) is 29.9 Å². The summed E-state index contributed by atoms with van der Waals surface area (Å²) in [6, 6.07) is 3.67. The summed E-state index contributed by atoms with van der Waals surface area (Å²) in [7, 11) is 3.56. The third-order valence-corrected chi connectivity index (χ3v) is 11.5. The fourth-order valence-electron chi connectivity index (χ4n) is 5.48. The molecule has 2 N–H and O–H groups in total. The summed E-state index contributed by atoms with van der Waals surface area (Å²) in [6.07, 6.45) is 3.57. The lowest BCUT2D eigenvalue weighted by Crippen LogP contribution is -2.25. The molecular weight excluding hydrogens is 708 g/mol. The number of imidazole rings is 1. The number of hydrogen-bond donors (Lipinski definition) is 2. The molecule has 1 aliphatic carbocycles. The molecular formula is C26H33N9O9P2S2. The summed E-state index contributed by atoms with van der Waals surface area (Å²) >= 11 is 11.3. The van der Waals surface area contributed by atoms with Crippen molar-refractivity contribution in [3.63, 3.8) is 0 Å². The molecule has 3 fully saturated rings. The van der Waals surface area contributed by atoms with Crippen LogP contribution in [0.1, 0.15) is 31.9 Å². The van der Waals surface area contributed by atoms with Gasteiger partial charge in [-0.15, -0.1) is 0 Å². The topological polar surface area (TPSA) is 214 Å². The van der Waals surface area contributed by atoms with Gasteiger partial charge in [0.15, 0.2) is 17.4 Å². The van der Waals surface area contributed by atoms with Crippen LogP contribution in [0.3, 0.4) is 0 Å². The van der Waals surface area contributed by atoms with Crippen LogP contribution in [-0.2, 0) is 51.0 Å². The number of rotatable bonds is 8. The normalized spacial score (nSPS) is 32.6. The van der Waals surface area contributed by atoms with E-state index in [9.17, 15) is 14.9 Å². The van der Waals surface area contributed by atoms with E-state index in [0.29, 0.717) is 18.7 Å². The maximum atomic E-state index is 12.9. The second-order valence-electron chi connectivity index (χ2n) is 11.4. The fraction of sp³-hybridized carbons (Fsp3) is 0.577. The Morgan fingerprint density at radius 1 is 1.23 bits per heavy atom. The number of ether oxygens (including phenoxy) is 2. The van der Waals surface area contributed by atoms with Crippen LogP contribution >= 0.6 is 13.4 Å². The molecule has 48 heavy (non-hydrogen) atoms. The quantitative estimate of drug-likeness (QED) is 0.147. The molecule has 258 valence electrons. The van der Waals surface area contributed by atoms with Crippen molar-refractivity contribution < 1.29 is 37.0 Å². The first-order chi connectivity index (χ1) is 23.0. The molecule has 3 aromatic rings. The van der Waals surface area contributed by atoms with Gasteiger partial charge in [0.25, 0.3) is 5.56 Å². The van der Waals surface area contributed by atoms with Gasteiger partial charge in [-0.3, -0.25) is 14.3 Å². The molecule has 3 aromatic heterocycles. The zero-order chi connectivity index (χ0) is 33.9. The van der Waals surface area contributed by atoms with E-state index < -0.39 is 43.5 Å². The lowest BCUT2D eigenvalue weighted by atomic mass is 10.1. The minimum atomic E-state index is -3.77. The predicted octanol–water partition coefficient (Wildman–Crippen LogP) is 2.46. The Kier molecular flexibility index (Phi) is 10.9. The lowest BCUT2D eigenvalue weighted by Gasteiger charge is -2.30. The van der Waals surface area contributed by atoms with E-state index in [1.807, 2.05) is 6.07 Å². The highest BCUT2D eigenvalue weighted by Gasteiger charge is 2.46. The van der Waals surface area contributed by atoms with Crippen LogP contribution in [0.25, 0.3) is 11.2 Å². The van der Waals surface area contributed by atoms with Crippen molar-refractivity contribution in [2.45, 2.75) is 56.3 Å². The zero-order valence-corrected chi connectivity index (χ0v) is 29.2. The standard InChI is InChI=1S/C26H33N9O9P2S2/c1-34(2)14-31-26-32-23-22(24(36)33-26)30-15-35(23)25-20-10-18(42-25)12-39-45(37,47)43-19-9-17(41-21-4-6-28-13-29-21)8-16(19)11-40-46(48,44-20)38-7-3-5-27/h4,6,13-20,25H,3,7-12H2,1-2H3,(H,37,47)(H,32,33,36)/t16-,17-,18+,19+,20-,25-,45?,46+/m1/s1. The van der Waals surface area contributed by atoms with Gasteiger partial charge in [0, 0.05) is 45.1 Å². The molecule has 22 heteroatoms. The minimum Gasteiger partial charge on any atom is -0.474 e. The summed E-state index contributed by atoms with van der Waals surface area (Å²) < 4.78 is 44.4. The van der Waals surface area contributed by atoms with Gasteiger partial charge >= 0.3 is 13.4 Å². The Hall–Kier alpha value is -2.79. The number of aromatic nitrogens is 6. The third-order valence-electron chi connectivity index (χ3n) is 7.55. The first-order valence-electron chi connectivity index (χ1n) is 14.9. The molecule has 0 spiro atoms. The van der Waals surface area contributed by atoms with E-state index in [1.165, 1.54) is 19.0 Å². The fourth-order valence-corrected chi connectivity index (χ4v) is 9.16. The molecule has 2 saturated heterocycles. The van der Waals surface area contributed by atoms with Gasteiger partial charge in [-0.25, -0.2) is 19.9 Å². The average Bonchev–Trinajstić information content (AvgIpc) is 3.75. The molecule has 0 amide bonds. The number of H-pyrrole nitrogens is 1. The highest BCUT2D eigenvalue weighted by molar-refractivity contribution is 8.07. The van der Waals surface area contributed by atoms with Crippen LogP contribution in [0.2, 0.25) is 0 Å². The second kappa shape index (κ2) is 15.0. The summed E-state index contributed by atoms with van der Waals surface area (Å²) in [5.74, 6) is 0.0950. The van der Waals surface area contributed by atoms with Crippen molar-refractivity contribution in [2.75, 3.05) is 33.9 Å². The van der Waals surface area contributed by atoms with Crippen LogP contribution in [0.5, 0.6) is 5.88 Å². The molecule has 3 aliphatic rings. The number of aromatic amines is 1. The Balaban J connectivity index is 1.30. The van der Waals surface area contributed by atoms with Crippen molar-refractivity contribution in [3.8, 4) is 11.9 Å². The van der Waals surface area contributed by atoms with E-state index in [4.69, 9.17) is 55.7 Å². The summed E-state index contributed by atoms with van der Waals surface area (Å²) in [5.41, 5.74) is -0.257. The minimum absolute atomic E-state index is 0.00726. The maximum Gasteiger partial charge on any atom is 0.327 e. The van der Waals surface area contributed by atoms with Crippen molar-refractivity contribution in [1.82, 2.24) is 34.4 Å². The Labute approximate surface area is 284 Å². The largest absolute Gasteiger partial charge is 0.474 e. The highest BCUT2D eigenvalue weighted by Crippen LogP contribution is 2.57. The zero-order valence-electron chi connectivity index (χ0n) is 25.8. The van der Waals surface area contributed by atoms with Gasteiger partial charge in [-0.1, -0.05) is 0 Å². The Morgan fingerprint density at radius 3 is 2.85 bits per heavy atom. The monoisotopic (exact) mass is 741 g/mol. The summed E-state index contributed by atoms with van der Waals surface area (Å²) in [6.45, 7) is -7.48. The summed E-state index contributed by atoms with van der Waals surface area (Å²) in [4.78, 5) is 49.2. The summed E-state index contributed by atoms with van der Waals surface area (Å²) in [5, 5.41) is 9.18. The number of nitriles is 1. The van der Waals surface area contributed by atoms with Crippen LogP contribution in [0.4, 0.5) is 5.95 Å². The van der Waals surface area contributed by atoms with Crippen LogP contribution in [0.15, 0.2) is 34.7 Å². The molecule has 18 nitrogen and oxygen atoms in total. The molecule has 1 saturated carbocycles. The number of fused-ring (bicyclic) bond motifs is 4. The Morgan fingerprint density at radius 2 is 2.08 bits per heavy atom. The van der Waals surface area contributed by atoms with Crippen molar-refractivity contribution >= 4 is 60.5 Å². The molecule has 0 aromatic carbocycles. The number of nitrogens with zero attached hydrogens (tertiary/aromatic N) is 8.